The Morgan fingerprint density at radius 1 is 0.436 bits per heavy atom. The largest absolute Gasteiger partial charge is 0.457 e. The minimum atomic E-state index is -0.537. The van der Waals surface area contributed by atoms with Gasteiger partial charge in [-0.15, -0.1) is 0 Å². The van der Waals surface area contributed by atoms with Crippen LogP contribution in [0.15, 0.2) is 36.5 Å². The number of allylic oxidation sites excluding steroid dienone is 6. The molecule has 0 heterocycles. The van der Waals surface area contributed by atoms with Gasteiger partial charge in [0.2, 0.25) is 0 Å². The number of carbonyl (C=O) groups is 1. The molecule has 4 nitrogen and oxygen atoms in total. The number of hydrogen-bond donors (Lipinski definition) is 1. The fourth-order valence-corrected chi connectivity index (χ4v) is 7.24. The topological polar surface area (TPSA) is 55.8 Å². The molecule has 55 heavy (non-hydrogen) atoms. The highest BCUT2D eigenvalue weighted by atomic mass is 16.6. The third kappa shape index (κ3) is 46.9. The predicted molar refractivity (Wildman–Crippen MR) is 242 cm³/mol. The lowest BCUT2D eigenvalue weighted by Crippen LogP contribution is -2.27. The van der Waals surface area contributed by atoms with Crippen LogP contribution >= 0.6 is 0 Å². The van der Waals surface area contributed by atoms with Gasteiger partial charge in [0.1, 0.15) is 6.10 Å². The molecule has 0 spiro atoms. The van der Waals surface area contributed by atoms with E-state index in [9.17, 15) is 9.90 Å². The van der Waals surface area contributed by atoms with Crippen molar-refractivity contribution >= 4 is 5.97 Å². The fraction of sp³-hybridized carbons (Fsp3) is 0.863. The van der Waals surface area contributed by atoms with Crippen molar-refractivity contribution in [1.82, 2.24) is 0 Å². The van der Waals surface area contributed by atoms with Crippen molar-refractivity contribution < 1.29 is 19.4 Å². The van der Waals surface area contributed by atoms with E-state index in [0.717, 1.165) is 25.7 Å². The second-order valence-corrected chi connectivity index (χ2v) is 16.5. The Labute approximate surface area is 344 Å². The maximum absolute atomic E-state index is 12.3. The van der Waals surface area contributed by atoms with Crippen LogP contribution in [0.2, 0.25) is 0 Å². The molecule has 0 aliphatic carbocycles. The molecule has 0 aromatic rings. The zero-order chi connectivity index (χ0) is 39.8. The van der Waals surface area contributed by atoms with Crippen molar-refractivity contribution in [3.63, 3.8) is 0 Å². The average molecular weight is 773 g/mol. The third-order valence-corrected chi connectivity index (χ3v) is 10.9. The van der Waals surface area contributed by atoms with E-state index >= 15 is 0 Å². The summed E-state index contributed by atoms with van der Waals surface area (Å²) in [6, 6.07) is 0. The predicted octanol–water partition coefficient (Wildman–Crippen LogP) is 16.4. The first-order valence-corrected chi connectivity index (χ1v) is 24.6. The molecule has 0 aromatic carbocycles. The molecule has 0 saturated heterocycles. The zero-order valence-corrected chi connectivity index (χ0v) is 37.2. The van der Waals surface area contributed by atoms with Gasteiger partial charge in [0, 0.05) is 13.0 Å². The van der Waals surface area contributed by atoms with Crippen LogP contribution in [0.1, 0.15) is 258 Å². The minimum Gasteiger partial charge on any atom is -0.457 e. The minimum absolute atomic E-state index is 0.172. The van der Waals surface area contributed by atoms with Gasteiger partial charge in [-0.05, 0) is 70.6 Å². The van der Waals surface area contributed by atoms with E-state index in [1.165, 1.54) is 212 Å². The third-order valence-electron chi connectivity index (χ3n) is 10.9. The summed E-state index contributed by atoms with van der Waals surface area (Å²) in [5.74, 6) is -0.202. The average Bonchev–Trinajstić information content (AvgIpc) is 3.19. The maximum atomic E-state index is 12.3. The molecule has 0 amide bonds. The lowest BCUT2D eigenvalue weighted by Gasteiger charge is -2.16. The summed E-state index contributed by atoms with van der Waals surface area (Å²) in [6.45, 7) is 5.36. The van der Waals surface area contributed by atoms with Crippen LogP contribution in [0.3, 0.4) is 0 Å². The molecule has 0 aliphatic rings. The number of ether oxygens (including phenoxy) is 2. The molecular formula is C51H96O4. The van der Waals surface area contributed by atoms with Gasteiger partial charge in [0.15, 0.2) is 0 Å². The van der Waals surface area contributed by atoms with Gasteiger partial charge in [-0.3, -0.25) is 4.79 Å². The Kier molecular flexibility index (Phi) is 47.5. The molecule has 324 valence electrons. The van der Waals surface area contributed by atoms with Crippen molar-refractivity contribution in [2.45, 2.75) is 264 Å². The van der Waals surface area contributed by atoms with E-state index < -0.39 is 6.10 Å². The van der Waals surface area contributed by atoms with Gasteiger partial charge in [-0.25, -0.2) is 0 Å². The molecule has 4 heteroatoms. The lowest BCUT2D eigenvalue weighted by atomic mass is 10.1. The number of esters is 1. The lowest BCUT2D eigenvalue weighted by molar-refractivity contribution is -0.154. The maximum Gasteiger partial charge on any atom is 0.306 e. The number of unbranched alkanes of at least 4 members (excludes halogenated alkanes) is 32. The van der Waals surface area contributed by atoms with Crippen LogP contribution in [-0.4, -0.2) is 37.0 Å². The van der Waals surface area contributed by atoms with E-state index in [1.54, 1.807) is 0 Å². The molecule has 0 aromatic heterocycles. The second-order valence-electron chi connectivity index (χ2n) is 16.5. The molecule has 1 unspecified atom stereocenters. The quantitative estimate of drug-likeness (QED) is 0.0380. The van der Waals surface area contributed by atoms with Gasteiger partial charge in [0.05, 0.1) is 13.2 Å². The van der Waals surface area contributed by atoms with Gasteiger partial charge in [-0.1, -0.05) is 217 Å². The van der Waals surface area contributed by atoms with Gasteiger partial charge in [0.25, 0.3) is 0 Å². The smallest absolute Gasteiger partial charge is 0.306 e. The second kappa shape index (κ2) is 48.8. The number of aliphatic hydroxyl groups excluding tert-OH is 1. The van der Waals surface area contributed by atoms with Crippen LogP contribution in [0, 0.1) is 0 Å². The van der Waals surface area contributed by atoms with E-state index in [2.05, 4.69) is 50.3 Å². The van der Waals surface area contributed by atoms with Gasteiger partial charge >= 0.3 is 5.97 Å². The molecule has 0 saturated carbocycles. The summed E-state index contributed by atoms with van der Waals surface area (Å²) < 4.78 is 11.2. The Morgan fingerprint density at radius 2 is 0.764 bits per heavy atom. The van der Waals surface area contributed by atoms with Crippen LogP contribution in [-0.2, 0) is 14.3 Å². The van der Waals surface area contributed by atoms with E-state index in [0.29, 0.717) is 19.6 Å². The Morgan fingerprint density at radius 3 is 1.15 bits per heavy atom. The Balaban J connectivity index is 3.40. The summed E-state index contributed by atoms with van der Waals surface area (Å²) in [4.78, 5) is 12.3. The summed E-state index contributed by atoms with van der Waals surface area (Å²) in [7, 11) is 0. The molecule has 0 fully saturated rings. The summed E-state index contributed by atoms with van der Waals surface area (Å²) >= 11 is 0. The van der Waals surface area contributed by atoms with E-state index in [-0.39, 0.29) is 12.6 Å². The van der Waals surface area contributed by atoms with Crippen LogP contribution in [0.25, 0.3) is 0 Å². The Bertz CT molecular complexity index is 818. The van der Waals surface area contributed by atoms with Gasteiger partial charge in [-0.2, -0.15) is 0 Å². The highest BCUT2D eigenvalue weighted by molar-refractivity contribution is 5.69. The van der Waals surface area contributed by atoms with Crippen LogP contribution < -0.4 is 0 Å². The fourth-order valence-electron chi connectivity index (χ4n) is 7.24. The van der Waals surface area contributed by atoms with E-state index in [1.807, 2.05) is 0 Å². The van der Waals surface area contributed by atoms with E-state index in [4.69, 9.17) is 9.47 Å². The number of carbonyl (C=O) groups excluding carboxylic acids is 1. The van der Waals surface area contributed by atoms with Crippen molar-refractivity contribution in [3.8, 4) is 0 Å². The van der Waals surface area contributed by atoms with Crippen molar-refractivity contribution in [2.24, 2.45) is 0 Å². The summed E-state index contributed by atoms with van der Waals surface area (Å²) in [6.07, 6.45) is 62.2. The number of rotatable bonds is 46. The standard InChI is InChI=1S/C51H96O4/c1-3-5-7-9-11-13-15-17-19-21-23-25-27-29-31-33-35-37-39-41-43-45-47-54-49-50(48-52)55-51(53)46-44-42-40-38-36-34-32-30-28-26-24-22-20-18-16-14-12-10-8-6-4-2/h16,18,21-24,50,52H,3-15,17,19-20,25-49H2,1-2H3/b18-16-,23-21-,24-22-. The molecule has 0 radical (unpaired) electrons. The van der Waals surface area contributed by atoms with Crippen molar-refractivity contribution in [1.29, 1.82) is 0 Å². The first kappa shape index (κ1) is 53.6. The monoisotopic (exact) mass is 773 g/mol. The Hall–Kier alpha value is -1.39. The number of aliphatic hydroxyl groups is 1. The summed E-state index contributed by atoms with van der Waals surface area (Å²) in [5, 5.41) is 9.64. The summed E-state index contributed by atoms with van der Waals surface area (Å²) in [5.41, 5.74) is 0. The highest BCUT2D eigenvalue weighted by Gasteiger charge is 2.13. The molecule has 1 atom stereocenters. The first-order valence-electron chi connectivity index (χ1n) is 24.6. The molecule has 1 N–H and O–H groups in total. The van der Waals surface area contributed by atoms with Crippen molar-refractivity contribution in [2.75, 3.05) is 19.8 Å². The normalized spacial score (nSPS) is 12.6. The molecular weight excluding hydrogens is 677 g/mol. The SMILES string of the molecule is CCCCCCC/C=C\C/C=C\CCCCCCCCCCCC(=O)OC(CO)COCCCCCCCCCCCC/C=C\CCCCCCCCCC. The van der Waals surface area contributed by atoms with Crippen LogP contribution in [0.4, 0.5) is 0 Å². The van der Waals surface area contributed by atoms with Crippen LogP contribution in [0.5, 0.6) is 0 Å². The molecule has 0 rings (SSSR count). The van der Waals surface area contributed by atoms with Gasteiger partial charge < -0.3 is 14.6 Å². The highest BCUT2D eigenvalue weighted by Crippen LogP contribution is 2.15. The van der Waals surface area contributed by atoms with Crippen molar-refractivity contribution in [3.05, 3.63) is 36.5 Å². The molecule has 0 bridgehead atoms. The molecule has 0 aliphatic heterocycles. The first-order chi connectivity index (χ1) is 27.2. The zero-order valence-electron chi connectivity index (χ0n) is 37.2. The number of hydrogen-bond acceptors (Lipinski definition) is 4.